The maximum absolute atomic E-state index is 12.7. The number of carboxylic acids is 1. The highest BCUT2D eigenvalue weighted by atomic mass is 35.5. The van der Waals surface area contributed by atoms with Crippen LogP contribution in [0.2, 0.25) is 5.02 Å². The van der Waals surface area contributed by atoms with Crippen LogP contribution in [0.1, 0.15) is 29.6 Å². The number of carboxylic acid groups (broad SMARTS) is 1. The Morgan fingerprint density at radius 1 is 1.28 bits per heavy atom. The van der Waals surface area contributed by atoms with E-state index in [9.17, 15) is 14.7 Å². The molecule has 2 heterocycles. The smallest absolute Gasteiger partial charge is 0.309 e. The third-order valence-electron chi connectivity index (χ3n) is 5.14. The molecule has 2 aliphatic rings. The predicted octanol–water partition coefficient (Wildman–Crippen LogP) is 2.69. The van der Waals surface area contributed by atoms with Gasteiger partial charge in [-0.3, -0.25) is 9.59 Å². The third-order valence-corrected chi connectivity index (χ3v) is 5.45. The number of likely N-dealkylation sites (tertiary alicyclic amines) is 1. The van der Waals surface area contributed by atoms with Gasteiger partial charge in [-0.05, 0) is 43.4 Å². The molecule has 25 heavy (non-hydrogen) atoms. The lowest BCUT2D eigenvalue weighted by atomic mass is 9.84. The van der Waals surface area contributed by atoms with E-state index in [-0.39, 0.29) is 17.9 Å². The van der Waals surface area contributed by atoms with Crippen molar-refractivity contribution in [1.29, 1.82) is 0 Å². The van der Waals surface area contributed by atoms with Crippen LogP contribution in [0.25, 0.3) is 0 Å². The Morgan fingerprint density at radius 3 is 2.64 bits per heavy atom. The molecule has 1 N–H and O–H groups in total. The summed E-state index contributed by atoms with van der Waals surface area (Å²) < 4.78 is 10.8. The van der Waals surface area contributed by atoms with Crippen molar-refractivity contribution in [2.24, 2.45) is 11.8 Å². The number of benzene rings is 1. The Balaban J connectivity index is 1.62. The van der Waals surface area contributed by atoms with Gasteiger partial charge >= 0.3 is 5.97 Å². The maximum atomic E-state index is 12.7. The van der Waals surface area contributed by atoms with E-state index < -0.39 is 11.9 Å². The number of hydrogen-bond donors (Lipinski definition) is 1. The van der Waals surface area contributed by atoms with Gasteiger partial charge in [-0.1, -0.05) is 11.6 Å². The zero-order valence-corrected chi connectivity index (χ0v) is 14.9. The number of nitrogens with zero attached hydrogens (tertiary/aromatic N) is 1. The SMILES string of the molecule is COc1cc(C(=O)N2CCC([C@@H]3OCCC3C(=O)O)CC2)ccc1Cl. The summed E-state index contributed by atoms with van der Waals surface area (Å²) in [6.45, 7) is 1.70. The monoisotopic (exact) mass is 367 g/mol. The standard InChI is InChI=1S/C18H22ClNO5/c1-24-15-10-12(2-3-14(15)19)17(21)20-7-4-11(5-8-20)16-13(18(22)23)6-9-25-16/h2-3,10-11,13,16H,4-9H2,1H3,(H,22,23)/t13?,16-/m0/s1. The summed E-state index contributed by atoms with van der Waals surface area (Å²) in [4.78, 5) is 25.8. The Morgan fingerprint density at radius 2 is 2.00 bits per heavy atom. The maximum Gasteiger partial charge on any atom is 0.309 e. The fourth-order valence-corrected chi connectivity index (χ4v) is 3.94. The second-order valence-electron chi connectivity index (χ2n) is 6.55. The van der Waals surface area contributed by atoms with E-state index in [4.69, 9.17) is 21.1 Å². The number of carbonyl (C=O) groups is 2. The molecule has 3 rings (SSSR count). The molecule has 1 aromatic rings. The average Bonchev–Trinajstić information content (AvgIpc) is 3.12. The molecule has 0 spiro atoms. The number of halogens is 1. The highest BCUT2D eigenvalue weighted by Crippen LogP contribution is 2.34. The van der Waals surface area contributed by atoms with Crippen molar-refractivity contribution in [3.8, 4) is 5.75 Å². The number of rotatable bonds is 4. The van der Waals surface area contributed by atoms with Gasteiger partial charge in [-0.25, -0.2) is 0 Å². The Kier molecular flexibility index (Phi) is 5.49. The summed E-state index contributed by atoms with van der Waals surface area (Å²) in [6, 6.07) is 5.00. The van der Waals surface area contributed by atoms with Crippen LogP contribution < -0.4 is 4.74 Å². The molecule has 1 unspecified atom stereocenters. The van der Waals surface area contributed by atoms with Crippen molar-refractivity contribution in [3.63, 3.8) is 0 Å². The fraction of sp³-hybridized carbons (Fsp3) is 0.556. The normalized spacial score (nSPS) is 24.3. The molecule has 0 bridgehead atoms. The molecular formula is C18H22ClNO5. The first-order chi connectivity index (χ1) is 12.0. The van der Waals surface area contributed by atoms with Gasteiger partial charge in [0.15, 0.2) is 0 Å². The number of carbonyl (C=O) groups excluding carboxylic acids is 1. The Bertz CT molecular complexity index is 657. The largest absolute Gasteiger partial charge is 0.495 e. The lowest BCUT2D eigenvalue weighted by Crippen LogP contribution is -2.43. The van der Waals surface area contributed by atoms with Gasteiger partial charge in [0.05, 0.1) is 24.2 Å². The first-order valence-electron chi connectivity index (χ1n) is 8.48. The summed E-state index contributed by atoms with van der Waals surface area (Å²) in [5.74, 6) is -0.601. The third kappa shape index (κ3) is 3.75. The van der Waals surface area contributed by atoms with E-state index in [1.807, 2.05) is 0 Å². The fourth-order valence-electron chi connectivity index (χ4n) is 3.75. The van der Waals surface area contributed by atoms with Gasteiger partial charge in [0.2, 0.25) is 0 Å². The zero-order valence-electron chi connectivity index (χ0n) is 14.1. The summed E-state index contributed by atoms with van der Waals surface area (Å²) in [6.07, 6.45) is 1.85. The second-order valence-corrected chi connectivity index (χ2v) is 6.95. The van der Waals surface area contributed by atoms with Gasteiger partial charge in [-0.15, -0.1) is 0 Å². The predicted molar refractivity (Wildman–Crippen MR) is 92.1 cm³/mol. The van der Waals surface area contributed by atoms with Gasteiger partial charge < -0.3 is 19.5 Å². The van der Waals surface area contributed by atoms with Crippen LogP contribution >= 0.6 is 11.6 Å². The Hall–Kier alpha value is -1.79. The molecule has 136 valence electrons. The summed E-state index contributed by atoms with van der Waals surface area (Å²) in [7, 11) is 1.52. The molecule has 1 amide bonds. The first kappa shape index (κ1) is 18.0. The van der Waals surface area contributed by atoms with Gasteiger partial charge in [0.1, 0.15) is 5.75 Å². The lowest BCUT2D eigenvalue weighted by molar-refractivity contribution is -0.145. The van der Waals surface area contributed by atoms with Gasteiger partial charge in [0.25, 0.3) is 5.91 Å². The number of aliphatic carboxylic acids is 1. The molecule has 6 nitrogen and oxygen atoms in total. The van der Waals surface area contributed by atoms with E-state index >= 15 is 0 Å². The molecule has 0 aliphatic carbocycles. The van der Waals surface area contributed by atoms with Crippen molar-refractivity contribution >= 4 is 23.5 Å². The molecule has 2 saturated heterocycles. The van der Waals surface area contributed by atoms with E-state index in [1.54, 1.807) is 23.1 Å². The zero-order chi connectivity index (χ0) is 18.0. The van der Waals surface area contributed by atoms with E-state index in [0.29, 0.717) is 42.5 Å². The molecule has 1 aromatic carbocycles. The highest BCUT2D eigenvalue weighted by Gasteiger charge is 2.40. The summed E-state index contributed by atoms with van der Waals surface area (Å²) >= 11 is 6.01. The lowest BCUT2D eigenvalue weighted by Gasteiger charge is -2.35. The van der Waals surface area contributed by atoms with Crippen molar-refractivity contribution in [2.45, 2.75) is 25.4 Å². The minimum absolute atomic E-state index is 0.0597. The quantitative estimate of drug-likeness (QED) is 0.885. The van der Waals surface area contributed by atoms with E-state index in [0.717, 1.165) is 12.8 Å². The molecule has 0 aromatic heterocycles. The summed E-state index contributed by atoms with van der Waals surface area (Å²) in [5, 5.41) is 9.78. The van der Waals surface area contributed by atoms with Crippen LogP contribution in [0.5, 0.6) is 5.75 Å². The van der Waals surface area contributed by atoms with Crippen molar-refractivity contribution < 1.29 is 24.2 Å². The number of amides is 1. The van der Waals surface area contributed by atoms with E-state index in [1.165, 1.54) is 7.11 Å². The van der Waals surface area contributed by atoms with Crippen molar-refractivity contribution in [1.82, 2.24) is 4.90 Å². The van der Waals surface area contributed by atoms with Gasteiger partial charge in [0, 0.05) is 25.3 Å². The van der Waals surface area contributed by atoms with Crippen LogP contribution in [0.15, 0.2) is 18.2 Å². The van der Waals surface area contributed by atoms with Crippen LogP contribution in [-0.4, -0.2) is 54.8 Å². The second kappa shape index (κ2) is 7.62. The number of piperidine rings is 1. The topological polar surface area (TPSA) is 76.1 Å². The molecule has 2 fully saturated rings. The highest BCUT2D eigenvalue weighted by molar-refractivity contribution is 6.32. The minimum Gasteiger partial charge on any atom is -0.495 e. The number of ether oxygens (including phenoxy) is 2. The van der Waals surface area contributed by atoms with Crippen LogP contribution in [0.4, 0.5) is 0 Å². The number of methoxy groups -OCH3 is 1. The molecule has 2 atom stereocenters. The molecule has 7 heteroatoms. The summed E-state index contributed by atoms with van der Waals surface area (Å²) in [5.41, 5.74) is 0.542. The van der Waals surface area contributed by atoms with E-state index in [2.05, 4.69) is 0 Å². The Labute approximate surface area is 151 Å². The average molecular weight is 368 g/mol. The first-order valence-corrected chi connectivity index (χ1v) is 8.86. The van der Waals surface area contributed by atoms with Crippen LogP contribution in [0, 0.1) is 11.8 Å². The van der Waals surface area contributed by atoms with Crippen molar-refractivity contribution in [3.05, 3.63) is 28.8 Å². The number of hydrogen-bond acceptors (Lipinski definition) is 4. The minimum atomic E-state index is -0.783. The van der Waals surface area contributed by atoms with Gasteiger partial charge in [-0.2, -0.15) is 0 Å². The van der Waals surface area contributed by atoms with Crippen molar-refractivity contribution in [2.75, 3.05) is 26.8 Å². The van der Waals surface area contributed by atoms with Crippen LogP contribution in [-0.2, 0) is 9.53 Å². The molecule has 0 radical (unpaired) electrons. The molecular weight excluding hydrogens is 346 g/mol. The van der Waals surface area contributed by atoms with Crippen LogP contribution in [0.3, 0.4) is 0 Å². The molecule has 0 saturated carbocycles. The molecule has 2 aliphatic heterocycles.